The van der Waals surface area contributed by atoms with Crippen LogP contribution in [0.4, 0.5) is 5.82 Å². The van der Waals surface area contributed by atoms with Crippen molar-refractivity contribution in [3.05, 3.63) is 24.0 Å². The molecule has 0 amide bonds. The van der Waals surface area contributed by atoms with Gasteiger partial charge in [0.2, 0.25) is 0 Å². The van der Waals surface area contributed by atoms with E-state index in [-0.39, 0.29) is 0 Å². The minimum absolute atomic E-state index is 0.530. The number of nitrogen functional groups attached to an aromatic ring is 1. The first-order valence-corrected chi connectivity index (χ1v) is 5.93. The van der Waals surface area contributed by atoms with Gasteiger partial charge in [0.15, 0.2) is 5.82 Å². The van der Waals surface area contributed by atoms with Gasteiger partial charge in [-0.2, -0.15) is 5.10 Å². The summed E-state index contributed by atoms with van der Waals surface area (Å²) < 4.78 is 1.73. The summed E-state index contributed by atoms with van der Waals surface area (Å²) in [5.74, 6) is 7.18. The predicted molar refractivity (Wildman–Crippen MR) is 70.6 cm³/mol. The number of hydrogen-bond donors (Lipinski definition) is 2. The summed E-state index contributed by atoms with van der Waals surface area (Å²) in [5, 5.41) is 4.30. The summed E-state index contributed by atoms with van der Waals surface area (Å²) >= 11 is 0. The highest BCUT2D eigenvalue weighted by Crippen LogP contribution is 2.17. The Hall–Kier alpha value is -1.95. The minimum Gasteiger partial charge on any atom is -0.308 e. The molecule has 0 aromatic carbocycles. The van der Waals surface area contributed by atoms with Gasteiger partial charge in [0.25, 0.3) is 0 Å². The van der Waals surface area contributed by atoms with Crippen molar-refractivity contribution in [2.75, 3.05) is 5.43 Å². The Balaban J connectivity index is 2.40. The zero-order valence-electron chi connectivity index (χ0n) is 10.9. The predicted octanol–water partition coefficient (Wildman–Crippen LogP) is 1.36. The Bertz CT molecular complexity index is 531. The summed E-state index contributed by atoms with van der Waals surface area (Å²) in [5.41, 5.74) is 4.29. The molecule has 2 aromatic rings. The quantitative estimate of drug-likeness (QED) is 0.629. The molecule has 0 radical (unpaired) electrons. The van der Waals surface area contributed by atoms with E-state index >= 15 is 0 Å². The van der Waals surface area contributed by atoms with Crippen LogP contribution in [0.2, 0.25) is 0 Å². The van der Waals surface area contributed by atoms with Gasteiger partial charge in [0.05, 0.1) is 0 Å². The first-order valence-electron chi connectivity index (χ1n) is 5.93. The van der Waals surface area contributed by atoms with Crippen LogP contribution in [0.15, 0.2) is 18.3 Å². The summed E-state index contributed by atoms with van der Waals surface area (Å²) in [6, 6.07) is 3.75. The Morgan fingerprint density at radius 1 is 1.39 bits per heavy atom. The monoisotopic (exact) mass is 246 g/mol. The number of nitrogens with one attached hydrogen (secondary N) is 1. The fourth-order valence-corrected chi connectivity index (χ4v) is 1.74. The SMILES string of the molecule is CC(C)Cc1cc(NN)nc(-c2ccn(C)n2)n1. The van der Waals surface area contributed by atoms with Crippen LogP contribution in [0.5, 0.6) is 0 Å². The molecule has 0 aliphatic heterocycles. The van der Waals surface area contributed by atoms with Crippen molar-refractivity contribution in [1.29, 1.82) is 0 Å². The molecule has 3 N–H and O–H groups in total. The van der Waals surface area contributed by atoms with Crippen molar-refractivity contribution >= 4 is 5.82 Å². The Labute approximate surface area is 106 Å². The number of rotatable bonds is 4. The molecule has 0 unspecified atom stereocenters. The standard InChI is InChI=1S/C12H18N6/c1-8(2)6-9-7-11(16-13)15-12(14-9)10-4-5-18(3)17-10/h4-5,7-8H,6,13H2,1-3H3,(H,14,15,16). The third-order valence-corrected chi connectivity index (χ3v) is 2.49. The van der Waals surface area contributed by atoms with E-state index in [1.165, 1.54) is 0 Å². The smallest absolute Gasteiger partial charge is 0.182 e. The number of hydrazine groups is 1. The van der Waals surface area contributed by atoms with Crippen molar-refractivity contribution in [1.82, 2.24) is 19.7 Å². The van der Waals surface area contributed by atoms with Crippen molar-refractivity contribution in [3.63, 3.8) is 0 Å². The highest BCUT2D eigenvalue weighted by Gasteiger charge is 2.09. The molecule has 6 heteroatoms. The van der Waals surface area contributed by atoms with Crippen molar-refractivity contribution < 1.29 is 0 Å². The molecule has 96 valence electrons. The van der Waals surface area contributed by atoms with Crippen LogP contribution in [0, 0.1) is 5.92 Å². The number of nitrogens with two attached hydrogens (primary N) is 1. The van der Waals surface area contributed by atoms with E-state index in [2.05, 4.69) is 34.3 Å². The molecule has 0 atom stereocenters. The van der Waals surface area contributed by atoms with E-state index in [1.54, 1.807) is 4.68 Å². The van der Waals surface area contributed by atoms with E-state index in [0.717, 1.165) is 17.8 Å². The molecule has 2 rings (SSSR count). The van der Waals surface area contributed by atoms with E-state index < -0.39 is 0 Å². The zero-order chi connectivity index (χ0) is 13.1. The van der Waals surface area contributed by atoms with Crippen LogP contribution in [0.1, 0.15) is 19.5 Å². The lowest BCUT2D eigenvalue weighted by molar-refractivity contribution is 0.634. The Morgan fingerprint density at radius 2 is 2.17 bits per heavy atom. The Kier molecular flexibility index (Phi) is 3.57. The van der Waals surface area contributed by atoms with E-state index in [0.29, 0.717) is 17.6 Å². The van der Waals surface area contributed by atoms with Gasteiger partial charge in [-0.25, -0.2) is 15.8 Å². The minimum atomic E-state index is 0.530. The molecule has 2 heterocycles. The lowest BCUT2D eigenvalue weighted by atomic mass is 10.1. The van der Waals surface area contributed by atoms with Crippen LogP contribution in [-0.2, 0) is 13.5 Å². The van der Waals surface area contributed by atoms with Crippen molar-refractivity contribution in [2.24, 2.45) is 18.8 Å². The van der Waals surface area contributed by atoms with Gasteiger partial charge in [0.1, 0.15) is 11.5 Å². The molecule has 18 heavy (non-hydrogen) atoms. The fraction of sp³-hybridized carbons (Fsp3) is 0.417. The van der Waals surface area contributed by atoms with Gasteiger partial charge in [-0.3, -0.25) is 4.68 Å². The summed E-state index contributed by atoms with van der Waals surface area (Å²) in [7, 11) is 1.86. The third-order valence-electron chi connectivity index (χ3n) is 2.49. The average Bonchev–Trinajstić information content (AvgIpc) is 2.74. The largest absolute Gasteiger partial charge is 0.308 e. The van der Waals surface area contributed by atoms with Crippen LogP contribution in [-0.4, -0.2) is 19.7 Å². The van der Waals surface area contributed by atoms with Gasteiger partial charge in [-0.15, -0.1) is 0 Å². The van der Waals surface area contributed by atoms with Crippen LogP contribution in [0.25, 0.3) is 11.5 Å². The van der Waals surface area contributed by atoms with Crippen LogP contribution < -0.4 is 11.3 Å². The molecule has 6 nitrogen and oxygen atoms in total. The molecule has 0 aliphatic carbocycles. The molecule has 0 aliphatic rings. The molecule has 2 aromatic heterocycles. The molecular weight excluding hydrogens is 228 g/mol. The van der Waals surface area contributed by atoms with Gasteiger partial charge in [-0.05, 0) is 18.4 Å². The number of aryl methyl sites for hydroxylation is 1. The lowest BCUT2D eigenvalue weighted by Crippen LogP contribution is -2.11. The fourth-order valence-electron chi connectivity index (χ4n) is 1.74. The van der Waals surface area contributed by atoms with Crippen LogP contribution >= 0.6 is 0 Å². The second kappa shape index (κ2) is 5.14. The van der Waals surface area contributed by atoms with Gasteiger partial charge in [-0.1, -0.05) is 13.8 Å². The topological polar surface area (TPSA) is 81.6 Å². The maximum absolute atomic E-state index is 5.44. The molecule has 0 bridgehead atoms. The summed E-state index contributed by atoms with van der Waals surface area (Å²) in [6.07, 6.45) is 2.75. The number of hydrogen-bond acceptors (Lipinski definition) is 5. The second-order valence-corrected chi connectivity index (χ2v) is 4.69. The number of anilines is 1. The van der Waals surface area contributed by atoms with E-state index in [9.17, 15) is 0 Å². The highest BCUT2D eigenvalue weighted by molar-refractivity contribution is 5.52. The summed E-state index contributed by atoms with van der Waals surface area (Å²) in [4.78, 5) is 8.84. The number of aromatic nitrogens is 4. The highest BCUT2D eigenvalue weighted by atomic mass is 15.3. The molecule has 0 fully saturated rings. The average molecular weight is 246 g/mol. The van der Waals surface area contributed by atoms with E-state index in [4.69, 9.17) is 5.84 Å². The first-order chi connectivity index (χ1) is 8.58. The maximum atomic E-state index is 5.44. The van der Waals surface area contributed by atoms with Crippen LogP contribution in [0.3, 0.4) is 0 Å². The molecule has 0 saturated carbocycles. The normalized spacial score (nSPS) is 10.9. The van der Waals surface area contributed by atoms with E-state index in [1.807, 2.05) is 25.4 Å². The third kappa shape index (κ3) is 2.84. The van der Waals surface area contributed by atoms with Crippen molar-refractivity contribution in [2.45, 2.75) is 20.3 Å². The number of nitrogens with zero attached hydrogens (tertiary/aromatic N) is 4. The molecule has 0 saturated heterocycles. The molecular formula is C12H18N6. The second-order valence-electron chi connectivity index (χ2n) is 4.69. The van der Waals surface area contributed by atoms with Gasteiger partial charge in [0, 0.05) is 25.0 Å². The Morgan fingerprint density at radius 3 is 2.72 bits per heavy atom. The first kappa shape index (κ1) is 12.5. The summed E-state index contributed by atoms with van der Waals surface area (Å²) in [6.45, 7) is 4.30. The van der Waals surface area contributed by atoms with Gasteiger partial charge < -0.3 is 5.43 Å². The lowest BCUT2D eigenvalue weighted by Gasteiger charge is -2.08. The van der Waals surface area contributed by atoms with Crippen molar-refractivity contribution in [3.8, 4) is 11.5 Å². The molecule has 0 spiro atoms. The van der Waals surface area contributed by atoms with Gasteiger partial charge >= 0.3 is 0 Å². The maximum Gasteiger partial charge on any atom is 0.182 e. The zero-order valence-corrected chi connectivity index (χ0v) is 10.9.